The Hall–Kier alpha value is -3.55. The number of anilines is 1. The minimum absolute atomic E-state index is 0.0481. The number of nitrogens with one attached hydrogen (secondary N) is 3. The van der Waals surface area contributed by atoms with E-state index in [9.17, 15) is 14.4 Å². The third kappa shape index (κ3) is 6.97. The predicted molar refractivity (Wildman–Crippen MR) is 129 cm³/mol. The number of carbonyl (C=O) groups excluding carboxylic acids is 3. The minimum atomic E-state index is -0.723. The van der Waals surface area contributed by atoms with Crippen LogP contribution in [-0.4, -0.2) is 65.5 Å². The summed E-state index contributed by atoms with van der Waals surface area (Å²) in [7, 11) is 0. The quantitative estimate of drug-likeness (QED) is 0.630. The van der Waals surface area contributed by atoms with Crippen molar-refractivity contribution in [1.82, 2.24) is 20.4 Å². The van der Waals surface area contributed by atoms with Crippen molar-refractivity contribution in [2.45, 2.75) is 45.3 Å². The number of nitrogens with zero attached hydrogens (tertiary/aromatic N) is 2. The molecule has 1 fully saturated rings. The van der Waals surface area contributed by atoms with Crippen molar-refractivity contribution in [3.8, 4) is 0 Å². The summed E-state index contributed by atoms with van der Waals surface area (Å²) in [4.78, 5) is 42.0. The fourth-order valence-corrected chi connectivity index (χ4v) is 3.91. The van der Waals surface area contributed by atoms with Crippen molar-refractivity contribution in [3.05, 3.63) is 66.2 Å². The Labute approximate surface area is 195 Å². The topological polar surface area (TPSA) is 93.8 Å². The fourth-order valence-electron chi connectivity index (χ4n) is 3.91. The molecule has 0 radical (unpaired) electrons. The van der Waals surface area contributed by atoms with Gasteiger partial charge >= 0.3 is 12.1 Å². The van der Waals surface area contributed by atoms with E-state index in [-0.39, 0.29) is 24.0 Å². The van der Waals surface area contributed by atoms with Crippen LogP contribution >= 0.6 is 0 Å². The molecule has 176 valence electrons. The van der Waals surface area contributed by atoms with E-state index >= 15 is 0 Å². The van der Waals surface area contributed by atoms with Crippen molar-refractivity contribution in [1.29, 1.82) is 0 Å². The molecule has 1 aliphatic heterocycles. The Morgan fingerprint density at radius 3 is 2.18 bits per heavy atom. The van der Waals surface area contributed by atoms with Crippen molar-refractivity contribution in [3.63, 3.8) is 0 Å². The van der Waals surface area contributed by atoms with Crippen LogP contribution in [0.5, 0.6) is 0 Å². The van der Waals surface area contributed by atoms with E-state index in [2.05, 4.69) is 16.0 Å². The average molecular weight is 452 g/mol. The lowest BCUT2D eigenvalue weighted by Crippen LogP contribution is -2.61. The third-order valence-corrected chi connectivity index (χ3v) is 5.53. The Morgan fingerprint density at radius 2 is 1.58 bits per heavy atom. The maximum atomic E-state index is 13.5. The molecule has 3 N–H and O–H groups in total. The van der Waals surface area contributed by atoms with E-state index in [1.165, 1.54) is 0 Å². The van der Waals surface area contributed by atoms with Crippen LogP contribution < -0.4 is 16.0 Å². The highest BCUT2D eigenvalue weighted by atomic mass is 16.2. The molecule has 0 aromatic heterocycles. The van der Waals surface area contributed by atoms with Crippen LogP contribution in [0.25, 0.3) is 0 Å². The largest absolute Gasteiger partial charge is 0.337 e. The van der Waals surface area contributed by atoms with Gasteiger partial charge in [0.15, 0.2) is 0 Å². The summed E-state index contributed by atoms with van der Waals surface area (Å²) < 4.78 is 0. The second-order valence-electron chi connectivity index (χ2n) is 8.64. The number of piperazine rings is 1. The highest BCUT2D eigenvalue weighted by molar-refractivity contribution is 5.94. The van der Waals surface area contributed by atoms with E-state index < -0.39 is 12.1 Å². The molecular formula is C25H33N5O3. The molecule has 0 saturated carbocycles. The minimum Gasteiger partial charge on any atom is -0.337 e. The molecule has 1 saturated heterocycles. The SMILES string of the molecule is CC(C)NC(=O)N1CCN(C(=O)C(Cc2ccccc2)NC(=O)Nc2ccccc2)CC1C. The number of hydrogen-bond donors (Lipinski definition) is 3. The van der Waals surface area contributed by atoms with Crippen molar-refractivity contribution in [2.24, 2.45) is 0 Å². The molecule has 2 aromatic carbocycles. The van der Waals surface area contributed by atoms with Gasteiger partial charge in [0, 0.05) is 43.8 Å². The summed E-state index contributed by atoms with van der Waals surface area (Å²) in [5, 5.41) is 8.54. The van der Waals surface area contributed by atoms with Gasteiger partial charge in [-0.1, -0.05) is 48.5 Å². The molecule has 0 aliphatic carbocycles. The lowest BCUT2D eigenvalue weighted by molar-refractivity contribution is -0.135. The van der Waals surface area contributed by atoms with Crippen molar-refractivity contribution >= 4 is 23.7 Å². The molecule has 2 aromatic rings. The first-order chi connectivity index (χ1) is 15.8. The Bertz CT molecular complexity index is 936. The fraction of sp³-hybridized carbons (Fsp3) is 0.400. The molecule has 0 spiro atoms. The number of hydrogen-bond acceptors (Lipinski definition) is 3. The van der Waals surface area contributed by atoms with Crippen LogP contribution in [0.3, 0.4) is 0 Å². The van der Waals surface area contributed by atoms with Gasteiger partial charge in [-0.3, -0.25) is 4.79 Å². The van der Waals surface area contributed by atoms with Crippen molar-refractivity contribution < 1.29 is 14.4 Å². The zero-order valence-electron chi connectivity index (χ0n) is 19.5. The van der Waals surface area contributed by atoms with Gasteiger partial charge in [-0.25, -0.2) is 9.59 Å². The van der Waals surface area contributed by atoms with Crippen LogP contribution in [-0.2, 0) is 11.2 Å². The number of rotatable bonds is 6. The van der Waals surface area contributed by atoms with Gasteiger partial charge in [-0.05, 0) is 38.5 Å². The standard InChI is InChI=1S/C25H33N5O3/c1-18(2)26-25(33)30-15-14-29(17-19(30)3)23(31)22(16-20-10-6-4-7-11-20)28-24(32)27-21-12-8-5-9-13-21/h4-13,18-19,22H,14-17H2,1-3H3,(H,26,33)(H2,27,28,32). The summed E-state index contributed by atoms with van der Waals surface area (Å²) in [5.41, 5.74) is 1.61. The number of para-hydroxylation sites is 1. The molecule has 5 amide bonds. The van der Waals surface area contributed by atoms with E-state index in [1.807, 2.05) is 69.3 Å². The number of benzene rings is 2. The Balaban J connectivity index is 1.68. The van der Waals surface area contributed by atoms with Crippen molar-refractivity contribution in [2.75, 3.05) is 25.0 Å². The molecule has 3 rings (SSSR count). The first kappa shape index (κ1) is 24.1. The van der Waals surface area contributed by atoms with Crippen LogP contribution in [0, 0.1) is 0 Å². The first-order valence-electron chi connectivity index (χ1n) is 11.4. The van der Waals surface area contributed by atoms with Gasteiger partial charge in [-0.2, -0.15) is 0 Å². The van der Waals surface area contributed by atoms with Gasteiger partial charge in [0.05, 0.1) is 0 Å². The highest BCUT2D eigenvalue weighted by Crippen LogP contribution is 2.14. The summed E-state index contributed by atoms with van der Waals surface area (Å²) in [5.74, 6) is -0.155. The first-order valence-corrected chi connectivity index (χ1v) is 11.4. The number of amides is 5. The zero-order valence-corrected chi connectivity index (χ0v) is 19.5. The molecule has 1 heterocycles. The molecular weight excluding hydrogens is 418 g/mol. The average Bonchev–Trinajstić information content (AvgIpc) is 2.79. The summed E-state index contributed by atoms with van der Waals surface area (Å²) in [6.45, 7) is 7.05. The number of carbonyl (C=O) groups is 3. The zero-order chi connectivity index (χ0) is 23.8. The summed E-state index contributed by atoms with van der Waals surface area (Å²) in [6.07, 6.45) is 0.379. The van der Waals surface area contributed by atoms with Gasteiger partial charge in [0.2, 0.25) is 5.91 Å². The van der Waals surface area contributed by atoms with E-state index in [0.29, 0.717) is 31.7 Å². The van der Waals surface area contributed by atoms with Crippen LogP contribution in [0.15, 0.2) is 60.7 Å². The van der Waals surface area contributed by atoms with E-state index in [1.54, 1.807) is 21.9 Å². The van der Waals surface area contributed by atoms with Crippen LogP contribution in [0.1, 0.15) is 26.3 Å². The second kappa shape index (κ2) is 11.4. The van der Waals surface area contributed by atoms with Gasteiger partial charge in [0.25, 0.3) is 0 Å². The third-order valence-electron chi connectivity index (χ3n) is 5.53. The maximum absolute atomic E-state index is 13.5. The molecule has 1 aliphatic rings. The van der Waals surface area contributed by atoms with Gasteiger partial charge < -0.3 is 25.8 Å². The lowest BCUT2D eigenvalue weighted by Gasteiger charge is -2.41. The lowest BCUT2D eigenvalue weighted by atomic mass is 10.0. The molecule has 8 heteroatoms. The van der Waals surface area contributed by atoms with E-state index in [0.717, 1.165) is 5.56 Å². The molecule has 8 nitrogen and oxygen atoms in total. The molecule has 33 heavy (non-hydrogen) atoms. The molecule has 0 bridgehead atoms. The molecule has 2 unspecified atom stereocenters. The Kier molecular flexibility index (Phi) is 8.29. The van der Waals surface area contributed by atoms with Crippen LogP contribution in [0.4, 0.5) is 15.3 Å². The highest BCUT2D eigenvalue weighted by Gasteiger charge is 2.33. The molecule has 2 atom stereocenters. The summed E-state index contributed by atoms with van der Waals surface area (Å²) in [6, 6.07) is 17.4. The summed E-state index contributed by atoms with van der Waals surface area (Å²) >= 11 is 0. The monoisotopic (exact) mass is 451 g/mol. The predicted octanol–water partition coefficient (Wildman–Crippen LogP) is 3.07. The van der Waals surface area contributed by atoms with Gasteiger partial charge in [-0.15, -0.1) is 0 Å². The van der Waals surface area contributed by atoms with Gasteiger partial charge in [0.1, 0.15) is 6.04 Å². The van der Waals surface area contributed by atoms with E-state index in [4.69, 9.17) is 0 Å². The number of urea groups is 2. The Morgan fingerprint density at radius 1 is 0.939 bits per heavy atom. The smallest absolute Gasteiger partial charge is 0.319 e. The normalized spacial score (nSPS) is 16.8. The second-order valence-corrected chi connectivity index (χ2v) is 8.64. The van der Waals surface area contributed by atoms with Crippen LogP contribution in [0.2, 0.25) is 0 Å². The maximum Gasteiger partial charge on any atom is 0.319 e.